The van der Waals surface area contributed by atoms with E-state index in [-0.39, 0.29) is 12.3 Å². The third-order valence-electron chi connectivity index (χ3n) is 1.71. The van der Waals surface area contributed by atoms with Gasteiger partial charge < -0.3 is 0 Å². The van der Waals surface area contributed by atoms with Crippen molar-refractivity contribution in [3.63, 3.8) is 0 Å². The number of carbonyl (C=O) groups is 2. The number of Topliss-reactive ketones (excluding diaryl/α,β-unsaturated/α-hetero) is 2. The lowest BCUT2D eigenvalue weighted by molar-refractivity contribution is -0.134. The predicted octanol–water partition coefficient (Wildman–Crippen LogP) is 2.26. The van der Waals surface area contributed by atoms with Crippen molar-refractivity contribution in [1.29, 1.82) is 0 Å². The SMILES string of the molecule is O=C(CCl)C(=O)Cc1ccc(Cl)cc1. The molecule has 2 nitrogen and oxygen atoms in total. The molecule has 4 heteroatoms. The summed E-state index contributed by atoms with van der Waals surface area (Å²) < 4.78 is 0. The van der Waals surface area contributed by atoms with E-state index >= 15 is 0 Å². The first kappa shape index (κ1) is 11.2. The lowest BCUT2D eigenvalue weighted by Crippen LogP contribution is -2.17. The van der Waals surface area contributed by atoms with E-state index in [0.29, 0.717) is 5.02 Å². The average Bonchev–Trinajstić information content (AvgIpc) is 2.20. The Hall–Kier alpha value is -0.860. The van der Waals surface area contributed by atoms with Crippen LogP contribution in [0.1, 0.15) is 5.56 Å². The lowest BCUT2D eigenvalue weighted by Gasteiger charge is -1.98. The molecule has 0 aliphatic carbocycles. The second kappa shape index (κ2) is 5.13. The summed E-state index contributed by atoms with van der Waals surface area (Å²) in [7, 11) is 0. The minimum atomic E-state index is -0.554. The van der Waals surface area contributed by atoms with Gasteiger partial charge in [-0.15, -0.1) is 11.6 Å². The van der Waals surface area contributed by atoms with Crippen LogP contribution in [0.5, 0.6) is 0 Å². The van der Waals surface area contributed by atoms with Crippen molar-refractivity contribution in [2.45, 2.75) is 6.42 Å². The molecule has 0 N–H and O–H groups in total. The van der Waals surface area contributed by atoms with E-state index < -0.39 is 11.6 Å². The highest BCUT2D eigenvalue weighted by molar-refractivity contribution is 6.47. The second-order valence-electron chi connectivity index (χ2n) is 2.78. The van der Waals surface area contributed by atoms with Crippen LogP contribution in [0.3, 0.4) is 0 Å². The van der Waals surface area contributed by atoms with E-state index in [1.165, 1.54) is 0 Å². The minimum Gasteiger partial charge on any atom is -0.290 e. The van der Waals surface area contributed by atoms with Crippen molar-refractivity contribution in [2.75, 3.05) is 5.88 Å². The molecule has 1 rings (SSSR count). The third-order valence-corrected chi connectivity index (χ3v) is 2.21. The maximum absolute atomic E-state index is 11.2. The van der Waals surface area contributed by atoms with E-state index in [9.17, 15) is 9.59 Å². The standard InChI is InChI=1S/C10H8Cl2O2/c11-6-10(14)9(13)5-7-1-3-8(12)4-2-7/h1-4H,5-6H2. The number of hydrogen-bond acceptors (Lipinski definition) is 2. The number of ketones is 2. The van der Waals surface area contributed by atoms with Crippen molar-refractivity contribution >= 4 is 34.8 Å². The van der Waals surface area contributed by atoms with E-state index in [2.05, 4.69) is 0 Å². The first-order valence-corrected chi connectivity index (χ1v) is 4.91. The molecule has 0 saturated heterocycles. The Morgan fingerprint density at radius 1 is 1.07 bits per heavy atom. The number of rotatable bonds is 4. The van der Waals surface area contributed by atoms with Crippen molar-refractivity contribution in [2.24, 2.45) is 0 Å². The fourth-order valence-electron chi connectivity index (χ4n) is 0.961. The summed E-state index contributed by atoms with van der Waals surface area (Å²) in [6, 6.07) is 6.77. The second-order valence-corrected chi connectivity index (χ2v) is 3.49. The lowest BCUT2D eigenvalue weighted by atomic mass is 10.1. The van der Waals surface area contributed by atoms with E-state index in [0.717, 1.165) is 5.56 Å². The molecule has 0 fully saturated rings. The predicted molar refractivity (Wildman–Crippen MR) is 55.9 cm³/mol. The van der Waals surface area contributed by atoms with Gasteiger partial charge in [-0.3, -0.25) is 9.59 Å². The number of halogens is 2. The zero-order valence-corrected chi connectivity index (χ0v) is 8.81. The third kappa shape index (κ3) is 3.13. The molecule has 14 heavy (non-hydrogen) atoms. The van der Waals surface area contributed by atoms with Gasteiger partial charge in [0.05, 0.1) is 5.88 Å². The summed E-state index contributed by atoms with van der Waals surface area (Å²) in [6.07, 6.45) is 0.0860. The van der Waals surface area contributed by atoms with Crippen molar-refractivity contribution < 1.29 is 9.59 Å². The first-order valence-electron chi connectivity index (χ1n) is 4.00. The maximum Gasteiger partial charge on any atom is 0.213 e. The Kier molecular flexibility index (Phi) is 4.11. The molecule has 0 saturated carbocycles. The van der Waals surface area contributed by atoms with Crippen LogP contribution >= 0.6 is 23.2 Å². The topological polar surface area (TPSA) is 34.1 Å². The highest BCUT2D eigenvalue weighted by atomic mass is 35.5. The Morgan fingerprint density at radius 3 is 2.14 bits per heavy atom. The van der Waals surface area contributed by atoms with Crippen LogP contribution in [-0.4, -0.2) is 17.4 Å². The number of carbonyl (C=O) groups excluding carboxylic acids is 2. The molecule has 0 aliphatic rings. The van der Waals surface area contributed by atoms with Crippen molar-refractivity contribution in [1.82, 2.24) is 0 Å². The van der Waals surface area contributed by atoms with Gasteiger partial charge in [0.25, 0.3) is 0 Å². The molecule has 0 aliphatic heterocycles. The monoisotopic (exact) mass is 230 g/mol. The highest BCUT2D eigenvalue weighted by Gasteiger charge is 2.12. The molecule has 0 atom stereocenters. The van der Waals surface area contributed by atoms with Gasteiger partial charge in [0.15, 0.2) is 0 Å². The van der Waals surface area contributed by atoms with Crippen LogP contribution in [0.15, 0.2) is 24.3 Å². The normalized spacial score (nSPS) is 9.86. The molecular weight excluding hydrogens is 223 g/mol. The average molecular weight is 231 g/mol. The van der Waals surface area contributed by atoms with Gasteiger partial charge in [0.1, 0.15) is 0 Å². The van der Waals surface area contributed by atoms with Crippen LogP contribution < -0.4 is 0 Å². The number of hydrogen-bond donors (Lipinski definition) is 0. The van der Waals surface area contributed by atoms with Gasteiger partial charge in [-0.2, -0.15) is 0 Å². The van der Waals surface area contributed by atoms with Crippen molar-refractivity contribution in [3.05, 3.63) is 34.9 Å². The fraction of sp³-hybridized carbons (Fsp3) is 0.200. The molecule has 0 radical (unpaired) electrons. The molecule has 0 heterocycles. The molecule has 1 aromatic rings. The summed E-state index contributed by atoms with van der Waals surface area (Å²) in [5, 5.41) is 0.602. The summed E-state index contributed by atoms with van der Waals surface area (Å²) in [5.74, 6) is -1.28. The molecule has 1 aromatic carbocycles. The summed E-state index contributed by atoms with van der Waals surface area (Å²) in [6.45, 7) is 0. The summed E-state index contributed by atoms with van der Waals surface area (Å²) in [4.78, 5) is 22.0. The van der Waals surface area contributed by atoms with Crippen LogP contribution in [0, 0.1) is 0 Å². The van der Waals surface area contributed by atoms with Crippen LogP contribution in [0.2, 0.25) is 5.02 Å². The largest absolute Gasteiger partial charge is 0.290 e. The molecule has 0 spiro atoms. The summed E-state index contributed by atoms with van der Waals surface area (Å²) >= 11 is 10.9. The maximum atomic E-state index is 11.2. The van der Waals surface area contributed by atoms with Crippen LogP contribution in [-0.2, 0) is 16.0 Å². The quantitative estimate of drug-likeness (QED) is 0.588. The van der Waals surface area contributed by atoms with Gasteiger partial charge in [0, 0.05) is 11.4 Å². The zero-order valence-electron chi connectivity index (χ0n) is 7.30. The first-order chi connectivity index (χ1) is 6.63. The van der Waals surface area contributed by atoms with E-state index in [4.69, 9.17) is 23.2 Å². The fourth-order valence-corrected chi connectivity index (χ4v) is 1.24. The van der Waals surface area contributed by atoms with Gasteiger partial charge >= 0.3 is 0 Å². The minimum absolute atomic E-state index is 0.0860. The Labute approximate surface area is 91.8 Å². The van der Waals surface area contributed by atoms with Gasteiger partial charge in [0.2, 0.25) is 11.6 Å². The Bertz CT molecular complexity index is 344. The molecule has 0 aromatic heterocycles. The van der Waals surface area contributed by atoms with E-state index in [1.807, 2.05) is 0 Å². The highest BCUT2D eigenvalue weighted by Crippen LogP contribution is 2.10. The van der Waals surface area contributed by atoms with E-state index in [1.54, 1.807) is 24.3 Å². The van der Waals surface area contributed by atoms with Gasteiger partial charge in [-0.25, -0.2) is 0 Å². The molecule has 74 valence electrons. The number of benzene rings is 1. The molecule has 0 unspecified atom stereocenters. The van der Waals surface area contributed by atoms with Crippen LogP contribution in [0.4, 0.5) is 0 Å². The van der Waals surface area contributed by atoms with Gasteiger partial charge in [-0.1, -0.05) is 23.7 Å². The molecule has 0 amide bonds. The molecule has 0 bridgehead atoms. The Balaban J connectivity index is 2.65. The van der Waals surface area contributed by atoms with Crippen LogP contribution in [0.25, 0.3) is 0 Å². The summed E-state index contributed by atoms with van der Waals surface area (Å²) in [5.41, 5.74) is 0.762. The molecular formula is C10H8Cl2O2. The number of alkyl halides is 1. The Morgan fingerprint density at radius 2 is 1.64 bits per heavy atom. The zero-order chi connectivity index (χ0) is 10.6. The van der Waals surface area contributed by atoms with Crippen molar-refractivity contribution in [3.8, 4) is 0 Å². The van der Waals surface area contributed by atoms with Gasteiger partial charge in [-0.05, 0) is 17.7 Å². The smallest absolute Gasteiger partial charge is 0.213 e.